The number of hydrogen-bond donors (Lipinski definition) is 1. The Morgan fingerprint density at radius 2 is 1.70 bits per heavy atom. The summed E-state index contributed by atoms with van der Waals surface area (Å²) in [5.74, 6) is 1.44. The van der Waals surface area contributed by atoms with Crippen LogP contribution in [0.4, 0.5) is 0 Å². The summed E-state index contributed by atoms with van der Waals surface area (Å²) >= 11 is 0. The van der Waals surface area contributed by atoms with Crippen LogP contribution in [0, 0.1) is 5.92 Å². The fourth-order valence-corrected chi connectivity index (χ4v) is 4.11. The van der Waals surface area contributed by atoms with Gasteiger partial charge in [-0.1, -0.05) is 31.4 Å². The SMILES string of the molecule is CCOc1ccc(CC(=O)N2CCC(NC(=O)C3CCCCC3)CC2)cc1. The Labute approximate surface area is 162 Å². The van der Waals surface area contributed by atoms with Gasteiger partial charge in [0, 0.05) is 25.0 Å². The Balaban J connectivity index is 1.41. The third-order valence-electron chi connectivity index (χ3n) is 5.76. The van der Waals surface area contributed by atoms with E-state index in [-0.39, 0.29) is 23.8 Å². The van der Waals surface area contributed by atoms with Gasteiger partial charge in [-0.15, -0.1) is 0 Å². The maximum absolute atomic E-state index is 12.6. The highest BCUT2D eigenvalue weighted by Crippen LogP contribution is 2.24. The van der Waals surface area contributed by atoms with Gasteiger partial charge in [0.05, 0.1) is 13.0 Å². The molecule has 1 aromatic carbocycles. The lowest BCUT2D eigenvalue weighted by Gasteiger charge is -2.33. The largest absolute Gasteiger partial charge is 0.494 e. The molecule has 0 atom stereocenters. The highest BCUT2D eigenvalue weighted by molar-refractivity contribution is 5.80. The summed E-state index contributed by atoms with van der Waals surface area (Å²) in [7, 11) is 0. The average Bonchev–Trinajstić information content (AvgIpc) is 2.71. The summed E-state index contributed by atoms with van der Waals surface area (Å²) in [5.41, 5.74) is 1.01. The number of amides is 2. The number of piperidine rings is 1. The Bertz CT molecular complexity index is 615. The molecule has 0 aromatic heterocycles. The van der Waals surface area contributed by atoms with Gasteiger partial charge in [0.15, 0.2) is 0 Å². The summed E-state index contributed by atoms with van der Waals surface area (Å²) in [6.45, 7) is 4.06. The van der Waals surface area contributed by atoms with Crippen molar-refractivity contribution in [2.75, 3.05) is 19.7 Å². The van der Waals surface area contributed by atoms with Crippen molar-refractivity contribution in [2.45, 2.75) is 64.3 Å². The molecular formula is C22H32N2O3. The fourth-order valence-electron chi connectivity index (χ4n) is 4.11. The smallest absolute Gasteiger partial charge is 0.226 e. The first-order chi connectivity index (χ1) is 13.2. The van der Waals surface area contributed by atoms with E-state index in [0.717, 1.165) is 50.1 Å². The van der Waals surface area contributed by atoms with Gasteiger partial charge in [-0.05, 0) is 50.3 Å². The van der Waals surface area contributed by atoms with Crippen LogP contribution in [0.15, 0.2) is 24.3 Å². The number of rotatable bonds is 6. The lowest BCUT2D eigenvalue weighted by atomic mass is 9.88. The number of nitrogens with one attached hydrogen (secondary N) is 1. The van der Waals surface area contributed by atoms with Crippen LogP contribution in [0.5, 0.6) is 5.75 Å². The zero-order chi connectivity index (χ0) is 19.1. The molecule has 0 radical (unpaired) electrons. The molecular weight excluding hydrogens is 340 g/mol. The topological polar surface area (TPSA) is 58.6 Å². The van der Waals surface area contributed by atoms with E-state index in [2.05, 4.69) is 5.32 Å². The van der Waals surface area contributed by atoms with Crippen molar-refractivity contribution >= 4 is 11.8 Å². The predicted octanol–water partition coefficient (Wildman–Crippen LogP) is 3.32. The van der Waals surface area contributed by atoms with E-state index in [1.807, 2.05) is 36.1 Å². The maximum Gasteiger partial charge on any atom is 0.226 e. The second-order valence-corrected chi connectivity index (χ2v) is 7.75. The first kappa shape index (κ1) is 19.7. The average molecular weight is 373 g/mol. The van der Waals surface area contributed by atoms with Crippen molar-refractivity contribution in [2.24, 2.45) is 5.92 Å². The molecule has 1 saturated carbocycles. The summed E-state index contributed by atoms with van der Waals surface area (Å²) in [4.78, 5) is 26.9. The fraction of sp³-hybridized carbons (Fsp3) is 0.636. The molecule has 0 spiro atoms. The zero-order valence-corrected chi connectivity index (χ0v) is 16.4. The van der Waals surface area contributed by atoms with Crippen LogP contribution in [0.3, 0.4) is 0 Å². The number of carbonyl (C=O) groups is 2. The maximum atomic E-state index is 12.6. The Kier molecular flexibility index (Phi) is 7.13. The van der Waals surface area contributed by atoms with E-state index in [0.29, 0.717) is 13.0 Å². The van der Waals surface area contributed by atoms with Crippen LogP contribution >= 0.6 is 0 Å². The van der Waals surface area contributed by atoms with Crippen molar-refractivity contribution in [1.29, 1.82) is 0 Å². The third kappa shape index (κ3) is 5.72. The number of carbonyl (C=O) groups excluding carboxylic acids is 2. The quantitative estimate of drug-likeness (QED) is 0.833. The Hall–Kier alpha value is -2.04. The van der Waals surface area contributed by atoms with E-state index < -0.39 is 0 Å². The molecule has 1 aromatic rings. The monoisotopic (exact) mass is 372 g/mol. The molecule has 1 saturated heterocycles. The molecule has 1 aliphatic carbocycles. The summed E-state index contributed by atoms with van der Waals surface area (Å²) < 4.78 is 5.44. The zero-order valence-electron chi connectivity index (χ0n) is 16.4. The van der Waals surface area contributed by atoms with Crippen LogP contribution in [-0.2, 0) is 16.0 Å². The molecule has 1 aliphatic heterocycles. The van der Waals surface area contributed by atoms with Crippen LogP contribution in [0.25, 0.3) is 0 Å². The van der Waals surface area contributed by atoms with Crippen molar-refractivity contribution in [3.8, 4) is 5.75 Å². The molecule has 2 fully saturated rings. The highest BCUT2D eigenvalue weighted by Gasteiger charge is 2.27. The lowest BCUT2D eigenvalue weighted by molar-refractivity contribution is -0.131. The molecule has 2 aliphatic rings. The van der Waals surface area contributed by atoms with Gasteiger partial charge in [-0.3, -0.25) is 9.59 Å². The normalized spacial score (nSPS) is 18.9. The van der Waals surface area contributed by atoms with Gasteiger partial charge < -0.3 is 15.0 Å². The number of hydrogen-bond acceptors (Lipinski definition) is 3. The first-order valence-corrected chi connectivity index (χ1v) is 10.5. The van der Waals surface area contributed by atoms with Crippen molar-refractivity contribution in [3.05, 3.63) is 29.8 Å². The van der Waals surface area contributed by atoms with Gasteiger partial charge in [-0.2, -0.15) is 0 Å². The van der Waals surface area contributed by atoms with Gasteiger partial charge in [0.25, 0.3) is 0 Å². The lowest BCUT2D eigenvalue weighted by Crippen LogP contribution is -2.48. The van der Waals surface area contributed by atoms with E-state index in [4.69, 9.17) is 4.74 Å². The van der Waals surface area contributed by atoms with Crippen molar-refractivity contribution in [3.63, 3.8) is 0 Å². The summed E-state index contributed by atoms with van der Waals surface area (Å²) in [5, 5.41) is 3.23. The van der Waals surface area contributed by atoms with Crippen LogP contribution < -0.4 is 10.1 Å². The molecule has 5 heteroatoms. The number of benzene rings is 1. The summed E-state index contributed by atoms with van der Waals surface area (Å²) in [6, 6.07) is 7.96. The van der Waals surface area contributed by atoms with Crippen molar-refractivity contribution in [1.82, 2.24) is 10.2 Å². The molecule has 5 nitrogen and oxygen atoms in total. The molecule has 148 valence electrons. The minimum absolute atomic E-state index is 0.163. The highest BCUT2D eigenvalue weighted by atomic mass is 16.5. The molecule has 27 heavy (non-hydrogen) atoms. The van der Waals surface area contributed by atoms with E-state index in [9.17, 15) is 9.59 Å². The predicted molar refractivity (Wildman–Crippen MR) is 106 cm³/mol. The van der Waals surface area contributed by atoms with E-state index in [1.54, 1.807) is 0 Å². The standard InChI is InChI=1S/C22H32N2O3/c1-2-27-20-10-8-17(9-11-20)16-21(25)24-14-12-19(13-15-24)23-22(26)18-6-4-3-5-7-18/h8-11,18-19H,2-7,12-16H2,1H3,(H,23,26). The molecule has 2 amide bonds. The van der Waals surface area contributed by atoms with Gasteiger partial charge in [0.2, 0.25) is 11.8 Å². The minimum Gasteiger partial charge on any atom is -0.494 e. The summed E-state index contributed by atoms with van der Waals surface area (Å²) in [6.07, 6.45) is 7.81. The Morgan fingerprint density at radius 3 is 2.33 bits per heavy atom. The van der Waals surface area contributed by atoms with Gasteiger partial charge in [-0.25, -0.2) is 0 Å². The van der Waals surface area contributed by atoms with Crippen LogP contribution in [-0.4, -0.2) is 42.5 Å². The molecule has 3 rings (SSSR count). The first-order valence-electron chi connectivity index (χ1n) is 10.5. The second-order valence-electron chi connectivity index (χ2n) is 7.75. The molecule has 0 bridgehead atoms. The van der Waals surface area contributed by atoms with Crippen molar-refractivity contribution < 1.29 is 14.3 Å². The van der Waals surface area contributed by atoms with Crippen LogP contribution in [0.2, 0.25) is 0 Å². The molecule has 1 heterocycles. The number of nitrogens with zero attached hydrogens (tertiary/aromatic N) is 1. The second kappa shape index (κ2) is 9.77. The minimum atomic E-state index is 0.163. The number of ether oxygens (including phenoxy) is 1. The van der Waals surface area contributed by atoms with E-state index >= 15 is 0 Å². The van der Waals surface area contributed by atoms with Gasteiger partial charge >= 0.3 is 0 Å². The van der Waals surface area contributed by atoms with Gasteiger partial charge in [0.1, 0.15) is 5.75 Å². The Morgan fingerprint density at radius 1 is 1.04 bits per heavy atom. The van der Waals surface area contributed by atoms with Crippen LogP contribution in [0.1, 0.15) is 57.4 Å². The molecule has 0 unspecified atom stereocenters. The third-order valence-corrected chi connectivity index (χ3v) is 5.76. The molecule has 1 N–H and O–H groups in total. The van der Waals surface area contributed by atoms with E-state index in [1.165, 1.54) is 19.3 Å². The number of likely N-dealkylation sites (tertiary alicyclic amines) is 1.